The highest BCUT2D eigenvalue weighted by Gasteiger charge is 2.27. The van der Waals surface area contributed by atoms with Crippen LogP contribution in [0.1, 0.15) is 35.5 Å². The van der Waals surface area contributed by atoms with E-state index in [2.05, 4.69) is 15.4 Å². The van der Waals surface area contributed by atoms with E-state index >= 15 is 0 Å². The molecule has 1 aromatic heterocycles. The van der Waals surface area contributed by atoms with Gasteiger partial charge in [0.15, 0.2) is 5.76 Å². The molecule has 29 heavy (non-hydrogen) atoms. The first kappa shape index (κ1) is 22.5. The molecule has 0 radical (unpaired) electrons. The molecule has 9 heteroatoms. The molecule has 0 spiro atoms. The van der Waals surface area contributed by atoms with Crippen LogP contribution in [0, 0.1) is 5.92 Å². The molecular formula is C20H23F3N2O4. The van der Waals surface area contributed by atoms with Crippen LogP contribution < -0.4 is 10.6 Å². The summed E-state index contributed by atoms with van der Waals surface area (Å²) in [4.78, 5) is 24.6. The van der Waals surface area contributed by atoms with Crippen LogP contribution in [0.4, 0.5) is 13.2 Å². The lowest BCUT2D eigenvalue weighted by Gasteiger charge is -2.21. The number of benzene rings is 1. The number of hydrogen-bond donors (Lipinski definition) is 2. The van der Waals surface area contributed by atoms with Crippen LogP contribution >= 0.6 is 0 Å². The highest BCUT2D eigenvalue weighted by atomic mass is 19.4. The highest BCUT2D eigenvalue weighted by molar-refractivity contribution is 5.95. The number of furan rings is 1. The Labute approximate surface area is 166 Å². The largest absolute Gasteiger partial charge is 0.459 e. The predicted octanol–water partition coefficient (Wildman–Crippen LogP) is 3.43. The van der Waals surface area contributed by atoms with Gasteiger partial charge < -0.3 is 19.8 Å². The first-order valence-corrected chi connectivity index (χ1v) is 9.00. The van der Waals surface area contributed by atoms with Crippen molar-refractivity contribution in [3.8, 4) is 0 Å². The Balaban J connectivity index is 1.85. The fraction of sp³-hybridized carbons (Fsp3) is 0.400. The third kappa shape index (κ3) is 7.61. The molecule has 1 aromatic carbocycles. The van der Waals surface area contributed by atoms with Gasteiger partial charge in [0.05, 0.1) is 12.9 Å². The zero-order valence-electron chi connectivity index (χ0n) is 16.1. The number of halogens is 3. The Bertz CT molecular complexity index is 787. The second kappa shape index (κ2) is 10.1. The Morgan fingerprint density at radius 3 is 2.31 bits per heavy atom. The summed E-state index contributed by atoms with van der Waals surface area (Å²) in [5.74, 6) is -0.863. The molecule has 2 amide bonds. The summed E-state index contributed by atoms with van der Waals surface area (Å²) < 4.78 is 45.9. The third-order valence-corrected chi connectivity index (χ3v) is 4.00. The van der Waals surface area contributed by atoms with E-state index in [9.17, 15) is 22.8 Å². The molecule has 0 aliphatic heterocycles. The van der Waals surface area contributed by atoms with Crippen molar-refractivity contribution >= 4 is 11.8 Å². The molecule has 6 nitrogen and oxygen atoms in total. The minimum Gasteiger partial charge on any atom is -0.459 e. The number of ether oxygens (including phenoxy) is 1. The number of amides is 2. The van der Waals surface area contributed by atoms with Gasteiger partial charge in [-0.15, -0.1) is 0 Å². The SMILES string of the molecule is CC(C)C(NC(=O)c1ccco1)C(=O)NCc1ccc(COCC(F)(F)F)cc1. The van der Waals surface area contributed by atoms with Crippen LogP contribution in [0.3, 0.4) is 0 Å². The second-order valence-corrected chi connectivity index (χ2v) is 6.81. The van der Waals surface area contributed by atoms with Crippen molar-refractivity contribution in [3.63, 3.8) is 0 Å². The molecule has 1 unspecified atom stereocenters. The van der Waals surface area contributed by atoms with E-state index in [1.54, 1.807) is 30.3 Å². The van der Waals surface area contributed by atoms with Gasteiger partial charge in [-0.2, -0.15) is 13.2 Å². The monoisotopic (exact) mass is 412 g/mol. The fourth-order valence-corrected chi connectivity index (χ4v) is 2.49. The van der Waals surface area contributed by atoms with E-state index in [-0.39, 0.29) is 30.7 Å². The molecular weight excluding hydrogens is 389 g/mol. The van der Waals surface area contributed by atoms with E-state index in [1.165, 1.54) is 12.3 Å². The molecule has 0 aliphatic rings. The maximum absolute atomic E-state index is 12.5. The molecule has 0 bridgehead atoms. The third-order valence-electron chi connectivity index (χ3n) is 4.00. The molecule has 158 valence electrons. The summed E-state index contributed by atoms with van der Waals surface area (Å²) in [6.07, 6.45) is -2.99. The van der Waals surface area contributed by atoms with Crippen molar-refractivity contribution < 1.29 is 31.9 Å². The number of rotatable bonds is 9. The van der Waals surface area contributed by atoms with Gasteiger partial charge in [0.2, 0.25) is 5.91 Å². The fourth-order valence-electron chi connectivity index (χ4n) is 2.49. The number of nitrogens with one attached hydrogen (secondary N) is 2. The van der Waals surface area contributed by atoms with Crippen LogP contribution in [0.25, 0.3) is 0 Å². The van der Waals surface area contributed by atoms with Gasteiger partial charge in [0.1, 0.15) is 12.6 Å². The minimum atomic E-state index is -4.36. The van der Waals surface area contributed by atoms with Gasteiger partial charge in [-0.3, -0.25) is 9.59 Å². The van der Waals surface area contributed by atoms with Gasteiger partial charge in [-0.1, -0.05) is 38.1 Å². The molecule has 2 N–H and O–H groups in total. The average molecular weight is 412 g/mol. The number of alkyl halides is 3. The summed E-state index contributed by atoms with van der Waals surface area (Å²) in [6.45, 7) is 2.37. The van der Waals surface area contributed by atoms with Crippen molar-refractivity contribution in [1.29, 1.82) is 0 Å². The Hall–Kier alpha value is -2.81. The normalized spacial score (nSPS) is 12.6. The topological polar surface area (TPSA) is 80.6 Å². The van der Waals surface area contributed by atoms with Gasteiger partial charge in [0, 0.05) is 6.54 Å². The molecule has 0 saturated carbocycles. The highest BCUT2D eigenvalue weighted by Crippen LogP contribution is 2.16. The zero-order chi connectivity index (χ0) is 21.4. The summed E-state index contributed by atoms with van der Waals surface area (Å²) in [6, 6.07) is 8.99. The van der Waals surface area contributed by atoms with Gasteiger partial charge >= 0.3 is 6.18 Å². The van der Waals surface area contributed by atoms with Crippen LogP contribution in [-0.2, 0) is 22.7 Å². The maximum Gasteiger partial charge on any atom is 0.411 e. The number of hydrogen-bond acceptors (Lipinski definition) is 4. The van der Waals surface area contributed by atoms with Gasteiger partial charge in [-0.25, -0.2) is 0 Å². The van der Waals surface area contributed by atoms with Crippen LogP contribution in [0.2, 0.25) is 0 Å². The molecule has 0 aliphatic carbocycles. The zero-order valence-corrected chi connectivity index (χ0v) is 16.1. The number of carbonyl (C=O) groups is 2. The van der Waals surface area contributed by atoms with Crippen molar-refractivity contribution in [2.45, 2.75) is 39.2 Å². The number of carbonyl (C=O) groups excluding carboxylic acids is 2. The van der Waals surface area contributed by atoms with Crippen LogP contribution in [0.5, 0.6) is 0 Å². The molecule has 1 atom stereocenters. The quantitative estimate of drug-likeness (QED) is 0.661. The smallest absolute Gasteiger partial charge is 0.411 e. The van der Waals surface area contributed by atoms with Crippen molar-refractivity contribution in [1.82, 2.24) is 10.6 Å². The molecule has 2 rings (SSSR count). The summed E-state index contributed by atoms with van der Waals surface area (Å²) in [5.41, 5.74) is 1.35. The lowest BCUT2D eigenvalue weighted by atomic mass is 10.0. The standard InChI is InChI=1S/C20H23F3N2O4/c1-13(2)17(25-18(26)16-4-3-9-29-16)19(27)24-10-14-5-7-15(8-6-14)11-28-12-20(21,22)23/h3-9,13,17H,10-12H2,1-2H3,(H,24,27)(H,25,26). The van der Waals surface area contributed by atoms with E-state index in [4.69, 9.17) is 4.42 Å². The molecule has 0 saturated heterocycles. The van der Waals surface area contributed by atoms with Gasteiger partial charge in [-0.05, 0) is 29.2 Å². The summed E-state index contributed by atoms with van der Waals surface area (Å²) in [7, 11) is 0. The van der Waals surface area contributed by atoms with E-state index in [1.807, 2.05) is 13.8 Å². The average Bonchev–Trinajstić information content (AvgIpc) is 3.18. The van der Waals surface area contributed by atoms with Crippen molar-refractivity contribution in [2.24, 2.45) is 5.92 Å². The summed E-state index contributed by atoms with van der Waals surface area (Å²) >= 11 is 0. The lowest BCUT2D eigenvalue weighted by molar-refractivity contribution is -0.176. The predicted molar refractivity (Wildman–Crippen MR) is 98.8 cm³/mol. The van der Waals surface area contributed by atoms with Crippen LogP contribution in [0.15, 0.2) is 47.1 Å². The van der Waals surface area contributed by atoms with E-state index in [0.29, 0.717) is 5.56 Å². The molecule has 1 heterocycles. The Morgan fingerprint density at radius 2 is 1.76 bits per heavy atom. The second-order valence-electron chi connectivity index (χ2n) is 6.81. The van der Waals surface area contributed by atoms with Crippen molar-refractivity contribution in [2.75, 3.05) is 6.61 Å². The Morgan fingerprint density at radius 1 is 1.10 bits per heavy atom. The van der Waals surface area contributed by atoms with Crippen LogP contribution in [-0.4, -0.2) is 30.6 Å². The maximum atomic E-state index is 12.5. The Kier molecular flexibility index (Phi) is 7.83. The van der Waals surface area contributed by atoms with E-state index in [0.717, 1.165) is 5.56 Å². The minimum absolute atomic E-state index is 0.117. The van der Waals surface area contributed by atoms with E-state index < -0.39 is 24.7 Å². The molecule has 2 aromatic rings. The molecule has 0 fully saturated rings. The van der Waals surface area contributed by atoms with Crippen molar-refractivity contribution in [3.05, 3.63) is 59.5 Å². The van der Waals surface area contributed by atoms with Gasteiger partial charge in [0.25, 0.3) is 5.91 Å². The first-order valence-electron chi connectivity index (χ1n) is 9.00. The summed E-state index contributed by atoms with van der Waals surface area (Å²) in [5, 5.41) is 5.40. The first-order chi connectivity index (χ1) is 13.7. The lowest BCUT2D eigenvalue weighted by Crippen LogP contribution is -2.49.